The summed E-state index contributed by atoms with van der Waals surface area (Å²) in [5.74, 6) is 0.0683. The number of nitrogens with zero attached hydrogens (tertiary/aromatic N) is 4. The number of hydrogen-bond acceptors (Lipinski definition) is 4. The van der Waals surface area contributed by atoms with E-state index in [1.165, 1.54) is 0 Å². The van der Waals surface area contributed by atoms with Crippen molar-refractivity contribution in [3.05, 3.63) is 12.4 Å². The third-order valence-corrected chi connectivity index (χ3v) is 4.14. The minimum atomic E-state index is -0.684. The van der Waals surface area contributed by atoms with Crippen LogP contribution in [0.4, 0.5) is 5.69 Å². The zero-order chi connectivity index (χ0) is 14.8. The lowest BCUT2D eigenvalue weighted by molar-refractivity contribution is -0.122. The second-order valence-corrected chi connectivity index (χ2v) is 5.56. The van der Waals surface area contributed by atoms with Crippen molar-refractivity contribution in [1.29, 1.82) is 0 Å². The number of aryl methyl sites for hydroxylation is 1. The monoisotopic (exact) mass is 280 g/mol. The van der Waals surface area contributed by atoms with Crippen molar-refractivity contribution < 1.29 is 9.90 Å². The number of piperazine rings is 1. The Kier molecular flexibility index (Phi) is 4.45. The highest BCUT2D eigenvalue weighted by Gasteiger charge is 2.31. The van der Waals surface area contributed by atoms with Gasteiger partial charge in [0.2, 0.25) is 5.91 Å². The average Bonchev–Trinajstić information content (AvgIpc) is 2.85. The molecule has 112 valence electrons. The Morgan fingerprint density at radius 2 is 2.05 bits per heavy atom. The summed E-state index contributed by atoms with van der Waals surface area (Å²) in [5.41, 5.74) is 0.162. The van der Waals surface area contributed by atoms with Gasteiger partial charge in [-0.1, -0.05) is 13.8 Å². The fourth-order valence-electron chi connectivity index (χ4n) is 2.57. The average molecular weight is 280 g/mol. The summed E-state index contributed by atoms with van der Waals surface area (Å²) >= 11 is 0. The maximum atomic E-state index is 12.2. The first-order chi connectivity index (χ1) is 9.47. The van der Waals surface area contributed by atoms with Crippen molar-refractivity contribution in [2.75, 3.05) is 31.1 Å². The molecule has 1 fully saturated rings. The Morgan fingerprint density at radius 3 is 2.55 bits per heavy atom. The quantitative estimate of drug-likeness (QED) is 0.859. The molecule has 1 aromatic heterocycles. The molecule has 0 unspecified atom stereocenters. The maximum Gasteiger partial charge on any atom is 0.241 e. The van der Waals surface area contributed by atoms with Crippen LogP contribution >= 0.6 is 0 Å². The number of aromatic nitrogens is 2. The van der Waals surface area contributed by atoms with Gasteiger partial charge >= 0.3 is 0 Å². The molecular weight excluding hydrogens is 256 g/mol. The molecule has 0 radical (unpaired) electrons. The van der Waals surface area contributed by atoms with Gasteiger partial charge in [-0.3, -0.25) is 14.4 Å². The zero-order valence-electron chi connectivity index (χ0n) is 12.5. The van der Waals surface area contributed by atoms with Gasteiger partial charge in [0.25, 0.3) is 0 Å². The zero-order valence-corrected chi connectivity index (χ0v) is 12.5. The minimum absolute atomic E-state index is 0.0683. The topological polar surface area (TPSA) is 61.6 Å². The van der Waals surface area contributed by atoms with E-state index in [2.05, 4.69) is 5.10 Å². The molecule has 6 heteroatoms. The summed E-state index contributed by atoms with van der Waals surface area (Å²) in [6.45, 7) is 6.31. The van der Waals surface area contributed by atoms with Crippen LogP contribution in [0.3, 0.4) is 0 Å². The Hall–Kier alpha value is -1.40. The lowest BCUT2D eigenvalue weighted by Gasteiger charge is -2.38. The number of carbonyl (C=O) groups is 1. The summed E-state index contributed by atoms with van der Waals surface area (Å²) in [7, 11) is 1.84. The normalized spacial score (nSPS) is 17.8. The molecular formula is C14H24N4O2. The molecule has 0 bridgehead atoms. The van der Waals surface area contributed by atoms with Crippen LogP contribution in [0, 0.1) is 0 Å². The number of amides is 1. The predicted octanol–water partition coefficient (Wildman–Crippen LogP) is 0.620. The first-order valence-electron chi connectivity index (χ1n) is 7.21. The first kappa shape index (κ1) is 15.0. The second-order valence-electron chi connectivity index (χ2n) is 5.56. The molecule has 1 aromatic rings. The van der Waals surface area contributed by atoms with Crippen LogP contribution in [0.25, 0.3) is 0 Å². The Bertz CT molecular complexity index is 467. The minimum Gasteiger partial charge on any atom is -0.389 e. The molecule has 1 saturated heterocycles. The second kappa shape index (κ2) is 5.93. The van der Waals surface area contributed by atoms with Crippen LogP contribution < -0.4 is 4.90 Å². The molecule has 1 amide bonds. The van der Waals surface area contributed by atoms with Crippen LogP contribution in [0.5, 0.6) is 0 Å². The van der Waals surface area contributed by atoms with Crippen LogP contribution in [-0.4, -0.2) is 57.5 Å². The molecule has 6 nitrogen and oxygen atoms in total. The lowest BCUT2D eigenvalue weighted by Crippen LogP contribution is -2.54. The highest BCUT2D eigenvalue weighted by molar-refractivity contribution is 5.95. The fourth-order valence-corrected chi connectivity index (χ4v) is 2.57. The summed E-state index contributed by atoms with van der Waals surface area (Å²) in [4.78, 5) is 16.1. The molecule has 0 aliphatic carbocycles. The van der Waals surface area contributed by atoms with Crippen molar-refractivity contribution in [1.82, 2.24) is 14.7 Å². The van der Waals surface area contributed by atoms with Crippen LogP contribution in [0.15, 0.2) is 12.4 Å². The van der Waals surface area contributed by atoms with Gasteiger partial charge in [0.05, 0.1) is 24.0 Å². The summed E-state index contributed by atoms with van der Waals surface area (Å²) in [6, 6.07) is 0. The third kappa shape index (κ3) is 3.19. The summed E-state index contributed by atoms with van der Waals surface area (Å²) in [6.07, 6.45) is 4.98. The smallest absolute Gasteiger partial charge is 0.241 e. The SMILES string of the molecule is CCC(O)(CC)CN1CCN(c2cnn(C)c2)C(=O)C1. The fraction of sp³-hybridized carbons (Fsp3) is 0.714. The van der Waals surface area contributed by atoms with Crippen molar-refractivity contribution in [3.63, 3.8) is 0 Å². The van der Waals surface area contributed by atoms with Gasteiger partial charge in [-0.05, 0) is 12.8 Å². The lowest BCUT2D eigenvalue weighted by atomic mass is 9.96. The largest absolute Gasteiger partial charge is 0.389 e. The van der Waals surface area contributed by atoms with Gasteiger partial charge in [0.15, 0.2) is 0 Å². The molecule has 2 rings (SSSR count). The van der Waals surface area contributed by atoms with E-state index in [9.17, 15) is 9.90 Å². The molecule has 0 spiro atoms. The van der Waals surface area contributed by atoms with Gasteiger partial charge < -0.3 is 10.0 Å². The highest BCUT2D eigenvalue weighted by atomic mass is 16.3. The molecule has 2 heterocycles. The van der Waals surface area contributed by atoms with E-state index in [1.807, 2.05) is 32.0 Å². The third-order valence-electron chi connectivity index (χ3n) is 4.14. The number of rotatable bonds is 5. The predicted molar refractivity (Wildman–Crippen MR) is 77.5 cm³/mol. The maximum absolute atomic E-state index is 12.2. The van der Waals surface area contributed by atoms with Gasteiger partial charge in [-0.2, -0.15) is 5.10 Å². The number of anilines is 1. The first-order valence-corrected chi connectivity index (χ1v) is 7.21. The van der Waals surface area contributed by atoms with E-state index < -0.39 is 5.60 Å². The molecule has 0 atom stereocenters. The molecule has 0 saturated carbocycles. The Morgan fingerprint density at radius 1 is 1.35 bits per heavy atom. The van der Waals surface area contributed by atoms with Gasteiger partial charge in [0, 0.05) is 32.9 Å². The standard InChI is InChI=1S/C14H24N4O2/c1-4-14(20,5-2)11-17-6-7-18(13(19)10-17)12-8-15-16(3)9-12/h8-9,20H,4-7,10-11H2,1-3H3. The Labute approximate surface area is 120 Å². The molecule has 1 aliphatic heterocycles. The van der Waals surface area contributed by atoms with Crippen molar-refractivity contribution in [2.24, 2.45) is 7.05 Å². The van der Waals surface area contributed by atoms with E-state index in [1.54, 1.807) is 15.8 Å². The van der Waals surface area contributed by atoms with Gasteiger partial charge in [-0.25, -0.2) is 0 Å². The van der Waals surface area contributed by atoms with E-state index in [-0.39, 0.29) is 5.91 Å². The van der Waals surface area contributed by atoms with Crippen LogP contribution in [0.1, 0.15) is 26.7 Å². The van der Waals surface area contributed by atoms with E-state index in [0.717, 1.165) is 12.2 Å². The van der Waals surface area contributed by atoms with E-state index in [4.69, 9.17) is 0 Å². The molecule has 0 aromatic carbocycles. The van der Waals surface area contributed by atoms with Crippen molar-refractivity contribution in [2.45, 2.75) is 32.3 Å². The van der Waals surface area contributed by atoms with Crippen LogP contribution in [-0.2, 0) is 11.8 Å². The molecule has 1 N–H and O–H groups in total. The van der Waals surface area contributed by atoms with Crippen molar-refractivity contribution in [3.8, 4) is 0 Å². The van der Waals surface area contributed by atoms with Crippen molar-refractivity contribution >= 4 is 11.6 Å². The number of aliphatic hydroxyl groups is 1. The van der Waals surface area contributed by atoms with E-state index >= 15 is 0 Å². The summed E-state index contributed by atoms with van der Waals surface area (Å²) < 4.78 is 1.70. The summed E-state index contributed by atoms with van der Waals surface area (Å²) in [5, 5.41) is 14.5. The molecule has 1 aliphatic rings. The number of hydrogen-bond donors (Lipinski definition) is 1. The van der Waals surface area contributed by atoms with Crippen LogP contribution in [0.2, 0.25) is 0 Å². The molecule has 20 heavy (non-hydrogen) atoms. The van der Waals surface area contributed by atoms with Gasteiger partial charge in [-0.15, -0.1) is 0 Å². The Balaban J connectivity index is 1.97. The van der Waals surface area contributed by atoms with Gasteiger partial charge in [0.1, 0.15) is 0 Å². The highest BCUT2D eigenvalue weighted by Crippen LogP contribution is 2.20. The van der Waals surface area contributed by atoms with E-state index in [0.29, 0.717) is 32.5 Å². The number of β-amino-alcohol motifs (C(OH)–C–C–N with tert-alkyl or cyclic N) is 1. The number of carbonyl (C=O) groups excluding carboxylic acids is 1.